The second kappa shape index (κ2) is 10.6. The minimum atomic E-state index is 0.469. The molecule has 1 N–H and O–H groups in total. The number of aromatic nitrogens is 2. The van der Waals surface area contributed by atoms with E-state index in [4.69, 9.17) is 4.98 Å². The molecule has 0 aromatic carbocycles. The lowest BCUT2D eigenvalue weighted by Gasteiger charge is -2.42. The standard InChI is InChI=1S/C23H40N6/c1-2-13-27-17-10-21(11-18-27)29-16-7-8-20(19-29)25-23-24-12-9-22(26-23)28-14-5-3-4-6-15-28/h9,12,20-21H,2-8,10-11,13-19H2,1H3,(H,24,25,26). The van der Waals surface area contributed by atoms with E-state index in [1.807, 2.05) is 6.20 Å². The summed E-state index contributed by atoms with van der Waals surface area (Å²) in [4.78, 5) is 17.2. The van der Waals surface area contributed by atoms with Crippen LogP contribution in [0.1, 0.15) is 64.7 Å². The van der Waals surface area contributed by atoms with Crippen molar-refractivity contribution in [2.75, 3.05) is 56.0 Å². The van der Waals surface area contributed by atoms with Crippen LogP contribution in [0.15, 0.2) is 12.3 Å². The number of anilines is 2. The zero-order valence-corrected chi connectivity index (χ0v) is 18.4. The van der Waals surface area contributed by atoms with Crippen LogP contribution in [-0.2, 0) is 0 Å². The van der Waals surface area contributed by atoms with Crippen LogP contribution >= 0.6 is 0 Å². The van der Waals surface area contributed by atoms with Crippen molar-refractivity contribution < 1.29 is 0 Å². The van der Waals surface area contributed by atoms with E-state index in [-0.39, 0.29) is 0 Å². The van der Waals surface area contributed by atoms with E-state index in [1.54, 1.807) is 0 Å². The first-order chi connectivity index (χ1) is 14.3. The van der Waals surface area contributed by atoms with Gasteiger partial charge in [-0.2, -0.15) is 4.98 Å². The second-order valence-corrected chi connectivity index (χ2v) is 9.19. The van der Waals surface area contributed by atoms with E-state index in [0.29, 0.717) is 6.04 Å². The molecule has 29 heavy (non-hydrogen) atoms. The highest BCUT2D eigenvalue weighted by Crippen LogP contribution is 2.23. The summed E-state index contributed by atoms with van der Waals surface area (Å²) in [5.74, 6) is 1.91. The Balaban J connectivity index is 1.31. The molecule has 1 aromatic rings. The molecule has 0 radical (unpaired) electrons. The normalized spacial score (nSPS) is 25.7. The Labute approximate surface area is 177 Å². The molecule has 6 heteroatoms. The minimum absolute atomic E-state index is 0.469. The number of nitrogens with zero attached hydrogens (tertiary/aromatic N) is 5. The molecule has 1 atom stereocenters. The van der Waals surface area contributed by atoms with Gasteiger partial charge in [-0.3, -0.25) is 4.90 Å². The van der Waals surface area contributed by atoms with Crippen LogP contribution in [0.2, 0.25) is 0 Å². The van der Waals surface area contributed by atoms with Gasteiger partial charge in [0.25, 0.3) is 0 Å². The quantitative estimate of drug-likeness (QED) is 0.787. The van der Waals surface area contributed by atoms with Crippen LogP contribution in [0, 0.1) is 0 Å². The molecule has 0 saturated carbocycles. The number of piperidine rings is 2. The first-order valence-corrected chi connectivity index (χ1v) is 12.1. The van der Waals surface area contributed by atoms with Crippen LogP contribution in [0.4, 0.5) is 11.8 Å². The van der Waals surface area contributed by atoms with Crippen molar-refractivity contribution in [3.05, 3.63) is 12.3 Å². The van der Waals surface area contributed by atoms with Crippen molar-refractivity contribution in [1.82, 2.24) is 19.8 Å². The monoisotopic (exact) mass is 400 g/mol. The predicted molar refractivity (Wildman–Crippen MR) is 121 cm³/mol. The Morgan fingerprint density at radius 3 is 2.52 bits per heavy atom. The summed E-state index contributed by atoms with van der Waals surface area (Å²) in [6.45, 7) is 10.7. The van der Waals surface area contributed by atoms with Crippen molar-refractivity contribution in [3.63, 3.8) is 0 Å². The maximum absolute atomic E-state index is 4.88. The highest BCUT2D eigenvalue weighted by atomic mass is 15.3. The van der Waals surface area contributed by atoms with Crippen LogP contribution in [0.25, 0.3) is 0 Å². The smallest absolute Gasteiger partial charge is 0.224 e. The molecule has 4 heterocycles. The predicted octanol–water partition coefficient (Wildman–Crippen LogP) is 3.61. The summed E-state index contributed by atoms with van der Waals surface area (Å²) in [5.41, 5.74) is 0. The molecule has 4 rings (SSSR count). The van der Waals surface area contributed by atoms with Crippen molar-refractivity contribution >= 4 is 11.8 Å². The minimum Gasteiger partial charge on any atom is -0.356 e. The van der Waals surface area contributed by atoms with Gasteiger partial charge in [-0.05, 0) is 77.2 Å². The van der Waals surface area contributed by atoms with Gasteiger partial charge >= 0.3 is 0 Å². The molecule has 1 unspecified atom stereocenters. The zero-order valence-electron chi connectivity index (χ0n) is 18.4. The van der Waals surface area contributed by atoms with E-state index in [2.05, 4.69) is 38.0 Å². The molecule has 0 aliphatic carbocycles. The Kier molecular flexibility index (Phi) is 7.61. The van der Waals surface area contributed by atoms with Gasteiger partial charge in [0.2, 0.25) is 5.95 Å². The highest BCUT2D eigenvalue weighted by molar-refractivity contribution is 5.43. The maximum atomic E-state index is 4.88. The van der Waals surface area contributed by atoms with Gasteiger partial charge in [-0.25, -0.2) is 4.98 Å². The number of hydrogen-bond acceptors (Lipinski definition) is 6. The van der Waals surface area contributed by atoms with Gasteiger partial charge in [0.05, 0.1) is 0 Å². The van der Waals surface area contributed by atoms with Gasteiger partial charge in [0.1, 0.15) is 5.82 Å². The van der Waals surface area contributed by atoms with Crippen LogP contribution < -0.4 is 10.2 Å². The Morgan fingerprint density at radius 1 is 0.966 bits per heavy atom. The second-order valence-electron chi connectivity index (χ2n) is 9.19. The third-order valence-electron chi connectivity index (χ3n) is 6.97. The number of nitrogens with one attached hydrogen (secondary N) is 1. The van der Waals surface area contributed by atoms with Gasteiger partial charge < -0.3 is 15.1 Å². The van der Waals surface area contributed by atoms with Crippen molar-refractivity contribution in [2.45, 2.75) is 76.8 Å². The van der Waals surface area contributed by atoms with Gasteiger partial charge in [-0.15, -0.1) is 0 Å². The van der Waals surface area contributed by atoms with Crippen molar-refractivity contribution in [3.8, 4) is 0 Å². The molecule has 0 spiro atoms. The molecule has 3 aliphatic rings. The average molecular weight is 401 g/mol. The van der Waals surface area contributed by atoms with E-state index >= 15 is 0 Å². The zero-order chi connectivity index (χ0) is 19.9. The fourth-order valence-electron chi connectivity index (χ4n) is 5.36. The van der Waals surface area contributed by atoms with E-state index in [1.165, 1.54) is 84.0 Å². The van der Waals surface area contributed by atoms with Gasteiger partial charge in [0.15, 0.2) is 0 Å². The fraction of sp³-hybridized carbons (Fsp3) is 0.826. The van der Waals surface area contributed by atoms with Crippen molar-refractivity contribution in [1.29, 1.82) is 0 Å². The molecular formula is C23H40N6. The molecule has 3 aliphatic heterocycles. The fourth-order valence-corrected chi connectivity index (χ4v) is 5.36. The first kappa shape index (κ1) is 20.9. The summed E-state index contributed by atoms with van der Waals surface area (Å²) in [6.07, 6.45) is 13.6. The van der Waals surface area contributed by atoms with Gasteiger partial charge in [0, 0.05) is 37.9 Å². The van der Waals surface area contributed by atoms with E-state index in [0.717, 1.165) is 37.4 Å². The molecule has 1 aromatic heterocycles. The number of hydrogen-bond donors (Lipinski definition) is 1. The Bertz CT molecular complexity index is 607. The van der Waals surface area contributed by atoms with Crippen LogP contribution in [0.3, 0.4) is 0 Å². The summed E-state index contributed by atoms with van der Waals surface area (Å²) in [7, 11) is 0. The molecule has 6 nitrogen and oxygen atoms in total. The lowest BCUT2D eigenvalue weighted by Crippen LogP contribution is -2.51. The SMILES string of the molecule is CCCN1CCC(N2CCCC(Nc3nccc(N4CCCCCC4)n3)C2)CC1. The largest absolute Gasteiger partial charge is 0.356 e. The van der Waals surface area contributed by atoms with Gasteiger partial charge in [-0.1, -0.05) is 19.8 Å². The third kappa shape index (κ3) is 5.82. The topological polar surface area (TPSA) is 47.5 Å². The Hall–Kier alpha value is -1.40. The molecular weight excluding hydrogens is 360 g/mol. The number of rotatable bonds is 6. The summed E-state index contributed by atoms with van der Waals surface area (Å²) < 4.78 is 0. The lowest BCUT2D eigenvalue weighted by molar-refractivity contribution is 0.0884. The molecule has 3 fully saturated rings. The maximum Gasteiger partial charge on any atom is 0.224 e. The number of likely N-dealkylation sites (tertiary alicyclic amines) is 2. The molecule has 0 amide bonds. The molecule has 0 bridgehead atoms. The van der Waals surface area contributed by atoms with E-state index in [9.17, 15) is 0 Å². The van der Waals surface area contributed by atoms with Crippen LogP contribution in [0.5, 0.6) is 0 Å². The summed E-state index contributed by atoms with van der Waals surface area (Å²) >= 11 is 0. The third-order valence-corrected chi connectivity index (χ3v) is 6.97. The van der Waals surface area contributed by atoms with Crippen molar-refractivity contribution in [2.24, 2.45) is 0 Å². The summed E-state index contributed by atoms with van der Waals surface area (Å²) in [6, 6.07) is 3.31. The summed E-state index contributed by atoms with van der Waals surface area (Å²) in [5, 5.41) is 3.67. The lowest BCUT2D eigenvalue weighted by atomic mass is 9.98. The molecule has 3 saturated heterocycles. The highest BCUT2D eigenvalue weighted by Gasteiger charge is 2.29. The van der Waals surface area contributed by atoms with E-state index < -0.39 is 0 Å². The molecule has 162 valence electrons. The Morgan fingerprint density at radius 2 is 1.76 bits per heavy atom. The average Bonchev–Trinajstić information content (AvgIpc) is 3.05. The van der Waals surface area contributed by atoms with Crippen LogP contribution in [-0.4, -0.2) is 77.7 Å². The first-order valence-electron chi connectivity index (χ1n) is 12.1.